The summed E-state index contributed by atoms with van der Waals surface area (Å²) in [7, 11) is 0. The minimum absolute atomic E-state index is 0.161. The lowest BCUT2D eigenvalue weighted by Gasteiger charge is -2.22. The van der Waals surface area contributed by atoms with E-state index >= 15 is 4.39 Å². The standard InChI is InChI=1S/C32H23Cl3FN5O/c1-15-2-5-19-16(8-15)3-6-20(30(19)35)24-13-25(37-32(24)36)31-23-12-22(23)27-9-17(10-29(42)41(27)31)21-11-18(33)4-7-26(21)40-14-28(34)38-39-40/h3-4,6-7,9-11,14,22-23,31H,1-2,5,8,12-13H2. The van der Waals surface area contributed by atoms with Crippen molar-refractivity contribution >= 4 is 46.1 Å². The van der Waals surface area contributed by atoms with Gasteiger partial charge in [0.25, 0.3) is 5.56 Å². The Bertz CT molecular complexity index is 1990. The number of aliphatic imine (C=N–C) groups is 1. The summed E-state index contributed by atoms with van der Waals surface area (Å²) in [5.41, 5.74) is 8.20. The highest BCUT2D eigenvalue weighted by atomic mass is 35.5. The summed E-state index contributed by atoms with van der Waals surface area (Å²) in [5, 5.41) is 9.37. The highest BCUT2D eigenvalue weighted by Crippen LogP contribution is 2.60. The van der Waals surface area contributed by atoms with Gasteiger partial charge in [0.1, 0.15) is 0 Å². The van der Waals surface area contributed by atoms with Gasteiger partial charge in [-0.1, -0.05) is 64.3 Å². The van der Waals surface area contributed by atoms with Gasteiger partial charge in [-0.05, 0) is 72.6 Å². The average Bonchev–Trinajstić information content (AvgIpc) is 3.28. The Balaban J connectivity index is 1.14. The van der Waals surface area contributed by atoms with Gasteiger partial charge in [0.15, 0.2) is 5.15 Å². The van der Waals surface area contributed by atoms with Crippen LogP contribution in [0.2, 0.25) is 15.2 Å². The molecule has 0 bridgehead atoms. The fourth-order valence-corrected chi connectivity index (χ4v) is 7.68. The lowest BCUT2D eigenvalue weighted by atomic mass is 9.86. The summed E-state index contributed by atoms with van der Waals surface area (Å²) in [4.78, 5) is 18.1. The van der Waals surface area contributed by atoms with Crippen molar-refractivity contribution in [3.63, 3.8) is 0 Å². The number of allylic oxidation sites excluding steroid dienone is 2. The summed E-state index contributed by atoms with van der Waals surface area (Å²) < 4.78 is 18.9. The molecule has 3 unspecified atom stereocenters. The first-order chi connectivity index (χ1) is 20.3. The van der Waals surface area contributed by atoms with Crippen molar-refractivity contribution in [2.75, 3.05) is 0 Å². The minimum Gasteiger partial charge on any atom is -0.303 e. The molecule has 0 saturated heterocycles. The summed E-state index contributed by atoms with van der Waals surface area (Å²) >= 11 is 19.2. The van der Waals surface area contributed by atoms with Crippen LogP contribution in [-0.2, 0) is 12.8 Å². The van der Waals surface area contributed by atoms with E-state index in [1.165, 1.54) is 5.57 Å². The van der Waals surface area contributed by atoms with Crippen molar-refractivity contribution in [3.05, 3.63) is 115 Å². The number of pyridine rings is 1. The number of rotatable bonds is 4. The average molecular weight is 619 g/mol. The van der Waals surface area contributed by atoms with Crippen molar-refractivity contribution in [3.8, 4) is 16.8 Å². The summed E-state index contributed by atoms with van der Waals surface area (Å²) in [6.45, 7) is 4.11. The van der Waals surface area contributed by atoms with Crippen LogP contribution in [-0.4, -0.2) is 25.3 Å². The lowest BCUT2D eigenvalue weighted by molar-refractivity contribution is 0.579. The van der Waals surface area contributed by atoms with Gasteiger partial charge in [0.2, 0.25) is 5.95 Å². The third-order valence-corrected chi connectivity index (χ3v) is 9.85. The molecule has 1 fully saturated rings. The highest BCUT2D eigenvalue weighted by Gasteiger charge is 2.55. The van der Waals surface area contributed by atoms with Crippen molar-refractivity contribution < 1.29 is 4.39 Å². The topological polar surface area (TPSA) is 65.1 Å². The Kier molecular flexibility index (Phi) is 5.91. The summed E-state index contributed by atoms with van der Waals surface area (Å²) in [5.74, 6) is -0.101. The number of hydrogen-bond donors (Lipinski definition) is 0. The van der Waals surface area contributed by atoms with Crippen LogP contribution in [0.25, 0.3) is 22.4 Å². The van der Waals surface area contributed by atoms with E-state index in [4.69, 9.17) is 34.8 Å². The number of hydrogen-bond acceptors (Lipinski definition) is 4. The Morgan fingerprint density at radius 3 is 2.67 bits per heavy atom. The van der Waals surface area contributed by atoms with Gasteiger partial charge in [0, 0.05) is 51.5 Å². The normalized spacial score (nSPS) is 22.2. The lowest BCUT2D eigenvalue weighted by Crippen LogP contribution is -2.29. The quantitative estimate of drug-likeness (QED) is 0.172. The maximum absolute atomic E-state index is 15.5. The van der Waals surface area contributed by atoms with Gasteiger partial charge in [-0.2, -0.15) is 4.39 Å². The molecule has 2 aliphatic heterocycles. The zero-order valence-corrected chi connectivity index (χ0v) is 24.5. The molecule has 2 aromatic carbocycles. The molecule has 4 aromatic rings. The van der Waals surface area contributed by atoms with E-state index in [0.29, 0.717) is 39.0 Å². The van der Waals surface area contributed by atoms with Crippen molar-refractivity contribution in [1.82, 2.24) is 19.6 Å². The number of fused-ring (bicyclic) bond motifs is 4. The molecule has 4 aliphatic rings. The molecule has 0 N–H and O–H groups in total. The summed E-state index contributed by atoms with van der Waals surface area (Å²) in [6, 6.07) is 12.7. The smallest absolute Gasteiger partial charge is 0.251 e. The zero-order chi connectivity index (χ0) is 28.9. The Labute approximate surface area is 255 Å². The van der Waals surface area contributed by atoms with E-state index in [1.54, 1.807) is 33.6 Å². The van der Waals surface area contributed by atoms with E-state index in [0.717, 1.165) is 53.6 Å². The van der Waals surface area contributed by atoms with E-state index in [9.17, 15) is 4.79 Å². The molecule has 0 amide bonds. The van der Waals surface area contributed by atoms with Crippen LogP contribution in [0.4, 0.5) is 4.39 Å². The van der Waals surface area contributed by atoms with Crippen LogP contribution in [0.15, 0.2) is 76.6 Å². The Hall–Kier alpha value is -3.52. The molecule has 2 aliphatic carbocycles. The van der Waals surface area contributed by atoms with Gasteiger partial charge >= 0.3 is 0 Å². The van der Waals surface area contributed by atoms with Crippen LogP contribution in [0.3, 0.4) is 0 Å². The molecule has 0 spiro atoms. The largest absolute Gasteiger partial charge is 0.303 e. The number of benzene rings is 2. The molecule has 8 rings (SSSR count). The number of nitrogens with zero attached hydrogens (tertiary/aromatic N) is 5. The Morgan fingerprint density at radius 2 is 1.86 bits per heavy atom. The van der Waals surface area contributed by atoms with Gasteiger partial charge in [-0.15, -0.1) is 5.10 Å². The first-order valence-corrected chi connectivity index (χ1v) is 15.0. The molecule has 3 atom stereocenters. The van der Waals surface area contributed by atoms with Crippen LogP contribution in [0.5, 0.6) is 0 Å². The van der Waals surface area contributed by atoms with Gasteiger partial charge in [-0.25, -0.2) is 9.67 Å². The minimum atomic E-state index is -0.516. The van der Waals surface area contributed by atoms with Gasteiger partial charge < -0.3 is 4.57 Å². The first kappa shape index (κ1) is 26.1. The van der Waals surface area contributed by atoms with E-state index < -0.39 is 5.95 Å². The van der Waals surface area contributed by atoms with Crippen molar-refractivity contribution in [2.24, 2.45) is 10.9 Å². The molecular formula is C32H23Cl3FN5O. The van der Waals surface area contributed by atoms with Crippen LogP contribution in [0.1, 0.15) is 53.6 Å². The van der Waals surface area contributed by atoms with Gasteiger partial charge in [0.05, 0.1) is 22.9 Å². The fourth-order valence-electron chi connectivity index (χ4n) is 6.98. The SMILES string of the molecule is C=C1CCc2c(ccc(C3=C(F)N=C(C4C5CC5c5cc(-c6cc(Cl)ccc6-n6cc(Cl)nn6)cc(=O)n54)C3)c2Cl)C1. The second kappa shape index (κ2) is 9.49. The van der Waals surface area contributed by atoms with Crippen molar-refractivity contribution in [2.45, 2.75) is 44.1 Å². The molecule has 1 saturated carbocycles. The third kappa shape index (κ3) is 4.05. The predicted molar refractivity (Wildman–Crippen MR) is 164 cm³/mol. The number of halogens is 4. The maximum atomic E-state index is 15.5. The highest BCUT2D eigenvalue weighted by molar-refractivity contribution is 6.33. The number of aromatic nitrogens is 4. The fraction of sp³-hybridized carbons (Fsp3) is 0.250. The van der Waals surface area contributed by atoms with E-state index in [-0.39, 0.29) is 28.6 Å². The molecule has 4 heterocycles. The van der Waals surface area contributed by atoms with E-state index in [2.05, 4.69) is 21.9 Å². The predicted octanol–water partition coefficient (Wildman–Crippen LogP) is 7.94. The van der Waals surface area contributed by atoms with Crippen LogP contribution in [0, 0.1) is 5.92 Å². The van der Waals surface area contributed by atoms with Crippen LogP contribution >= 0.6 is 34.8 Å². The zero-order valence-electron chi connectivity index (χ0n) is 22.2. The monoisotopic (exact) mass is 617 g/mol. The second-order valence-electron chi connectivity index (χ2n) is 11.5. The first-order valence-electron chi connectivity index (χ1n) is 13.8. The molecule has 42 heavy (non-hydrogen) atoms. The molecular weight excluding hydrogens is 596 g/mol. The molecule has 0 radical (unpaired) electrons. The summed E-state index contributed by atoms with van der Waals surface area (Å²) in [6.07, 6.45) is 5.34. The van der Waals surface area contributed by atoms with Crippen molar-refractivity contribution in [1.29, 1.82) is 0 Å². The molecule has 2 aromatic heterocycles. The molecule has 210 valence electrons. The molecule has 10 heteroatoms. The Morgan fingerprint density at radius 1 is 1.00 bits per heavy atom. The maximum Gasteiger partial charge on any atom is 0.251 e. The van der Waals surface area contributed by atoms with Crippen LogP contribution < -0.4 is 5.56 Å². The second-order valence-corrected chi connectivity index (χ2v) is 12.7. The third-order valence-electron chi connectivity index (χ3n) is 9.01. The molecule has 6 nitrogen and oxygen atoms in total. The van der Waals surface area contributed by atoms with Gasteiger partial charge in [-0.3, -0.25) is 4.79 Å². The van der Waals surface area contributed by atoms with E-state index in [1.807, 2.05) is 24.3 Å².